The standard InChI is InChI=1S/C27H31NO4S/c29-25(30)12-7-5-3-1-2-4-6-8-19-28(33(31)32)24-18-16-22-14-13-20-10-9-11-21-15-17-23(24)27(22)26(20)21/h9-11,13-18H,1-8,12,19H2,(H,29,30)(H,31,32). The molecule has 1 unspecified atom stereocenters. The van der Waals surface area contributed by atoms with Crippen molar-refractivity contribution in [3.05, 3.63) is 54.6 Å². The zero-order valence-electron chi connectivity index (χ0n) is 18.8. The second kappa shape index (κ2) is 10.9. The topological polar surface area (TPSA) is 77.8 Å². The monoisotopic (exact) mass is 465 g/mol. The van der Waals surface area contributed by atoms with Gasteiger partial charge in [-0.25, -0.2) is 4.21 Å². The second-order valence-electron chi connectivity index (χ2n) is 8.75. The Balaban J connectivity index is 1.40. The van der Waals surface area contributed by atoms with Crippen LogP contribution in [0.3, 0.4) is 0 Å². The fraction of sp³-hybridized carbons (Fsp3) is 0.370. The van der Waals surface area contributed by atoms with Crippen molar-refractivity contribution in [3.63, 3.8) is 0 Å². The zero-order valence-corrected chi connectivity index (χ0v) is 19.7. The molecular weight excluding hydrogens is 434 g/mol. The maximum absolute atomic E-state index is 12.3. The molecule has 0 aliphatic rings. The molecule has 0 spiro atoms. The normalized spacial score (nSPS) is 12.6. The van der Waals surface area contributed by atoms with Crippen LogP contribution in [0.15, 0.2) is 54.6 Å². The van der Waals surface area contributed by atoms with Crippen LogP contribution in [0.1, 0.15) is 57.8 Å². The van der Waals surface area contributed by atoms with E-state index >= 15 is 0 Å². The third-order valence-electron chi connectivity index (χ3n) is 6.46. The molecule has 4 aromatic carbocycles. The first-order chi connectivity index (χ1) is 16.1. The lowest BCUT2D eigenvalue weighted by molar-refractivity contribution is -0.137. The fourth-order valence-electron chi connectivity index (χ4n) is 4.81. The van der Waals surface area contributed by atoms with Gasteiger partial charge in [0.15, 0.2) is 0 Å². The molecule has 33 heavy (non-hydrogen) atoms. The summed E-state index contributed by atoms with van der Waals surface area (Å²) in [6, 6.07) is 18.7. The molecule has 0 aliphatic heterocycles. The van der Waals surface area contributed by atoms with Gasteiger partial charge in [0.2, 0.25) is 0 Å². The van der Waals surface area contributed by atoms with E-state index in [-0.39, 0.29) is 6.42 Å². The summed E-state index contributed by atoms with van der Waals surface area (Å²) >= 11 is -2.09. The number of carboxylic acid groups (broad SMARTS) is 1. The molecule has 0 radical (unpaired) electrons. The van der Waals surface area contributed by atoms with E-state index in [4.69, 9.17) is 5.11 Å². The Morgan fingerprint density at radius 1 is 0.727 bits per heavy atom. The van der Waals surface area contributed by atoms with E-state index in [9.17, 15) is 13.6 Å². The first-order valence-corrected chi connectivity index (χ1v) is 12.9. The quantitative estimate of drug-likeness (QED) is 0.125. The number of carbonyl (C=O) groups is 1. The van der Waals surface area contributed by atoms with Gasteiger partial charge in [-0.3, -0.25) is 13.7 Å². The number of hydrogen-bond acceptors (Lipinski definition) is 2. The Morgan fingerprint density at radius 2 is 1.27 bits per heavy atom. The maximum Gasteiger partial charge on any atom is 0.303 e. The van der Waals surface area contributed by atoms with Crippen LogP contribution >= 0.6 is 0 Å². The van der Waals surface area contributed by atoms with Gasteiger partial charge in [0.25, 0.3) is 11.3 Å². The number of benzene rings is 4. The number of rotatable bonds is 13. The Bertz CT molecular complexity index is 1240. The SMILES string of the molecule is O=C(O)CCCCCCCCCCN(c1ccc2ccc3cccc4ccc1c2c34)S(=O)O. The first-order valence-electron chi connectivity index (χ1n) is 11.8. The molecule has 0 fully saturated rings. The average molecular weight is 466 g/mol. The summed E-state index contributed by atoms with van der Waals surface area (Å²) in [5, 5.41) is 15.6. The zero-order chi connectivity index (χ0) is 23.2. The van der Waals surface area contributed by atoms with E-state index in [1.807, 2.05) is 12.1 Å². The molecular formula is C27H31NO4S. The number of nitrogens with zero attached hydrogens (tertiary/aromatic N) is 1. The van der Waals surface area contributed by atoms with Gasteiger partial charge in [0.1, 0.15) is 0 Å². The summed E-state index contributed by atoms with van der Waals surface area (Å²) in [5.41, 5.74) is 0.806. The molecule has 5 nitrogen and oxygen atoms in total. The van der Waals surface area contributed by atoms with Gasteiger partial charge in [-0.15, -0.1) is 0 Å². The van der Waals surface area contributed by atoms with Crippen molar-refractivity contribution in [2.45, 2.75) is 57.8 Å². The van der Waals surface area contributed by atoms with Crippen LogP contribution in [0, 0.1) is 0 Å². The molecule has 4 rings (SSSR count). The lowest BCUT2D eigenvalue weighted by Gasteiger charge is -2.23. The van der Waals surface area contributed by atoms with Crippen LogP contribution in [0.2, 0.25) is 0 Å². The van der Waals surface area contributed by atoms with Crippen LogP contribution in [0.5, 0.6) is 0 Å². The van der Waals surface area contributed by atoms with E-state index in [0.29, 0.717) is 6.54 Å². The highest BCUT2D eigenvalue weighted by atomic mass is 32.2. The Hall–Kier alpha value is -2.70. The lowest BCUT2D eigenvalue weighted by atomic mass is 9.93. The van der Waals surface area contributed by atoms with Crippen LogP contribution in [-0.2, 0) is 16.1 Å². The minimum atomic E-state index is -2.09. The summed E-state index contributed by atoms with van der Waals surface area (Å²) in [6.07, 6.45) is 8.24. The summed E-state index contributed by atoms with van der Waals surface area (Å²) in [6.45, 7) is 0.533. The maximum atomic E-state index is 12.3. The highest BCUT2D eigenvalue weighted by Crippen LogP contribution is 2.39. The minimum absolute atomic E-state index is 0.261. The van der Waals surface area contributed by atoms with Crippen molar-refractivity contribution >= 4 is 55.2 Å². The highest BCUT2D eigenvalue weighted by Gasteiger charge is 2.18. The van der Waals surface area contributed by atoms with E-state index in [2.05, 4.69) is 42.5 Å². The fourth-order valence-corrected chi connectivity index (χ4v) is 5.43. The van der Waals surface area contributed by atoms with Gasteiger partial charge in [-0.1, -0.05) is 87.1 Å². The Morgan fingerprint density at radius 3 is 1.91 bits per heavy atom. The molecule has 0 bridgehead atoms. The molecule has 0 saturated heterocycles. The van der Waals surface area contributed by atoms with Gasteiger partial charge in [0.05, 0.1) is 5.69 Å². The van der Waals surface area contributed by atoms with Gasteiger partial charge in [0, 0.05) is 18.4 Å². The average Bonchev–Trinajstić information content (AvgIpc) is 2.81. The predicted molar refractivity (Wildman–Crippen MR) is 137 cm³/mol. The molecule has 0 aromatic heterocycles. The smallest absolute Gasteiger partial charge is 0.303 e. The van der Waals surface area contributed by atoms with E-state index in [0.717, 1.165) is 73.2 Å². The van der Waals surface area contributed by atoms with Crippen molar-refractivity contribution < 1.29 is 18.7 Å². The number of carboxylic acids is 1. The van der Waals surface area contributed by atoms with Crippen LogP contribution in [-0.4, -0.2) is 26.4 Å². The molecule has 0 saturated carbocycles. The van der Waals surface area contributed by atoms with Crippen molar-refractivity contribution in [2.24, 2.45) is 0 Å². The predicted octanol–water partition coefficient (Wildman–Crippen LogP) is 7.12. The van der Waals surface area contributed by atoms with Crippen molar-refractivity contribution in [1.82, 2.24) is 0 Å². The van der Waals surface area contributed by atoms with Crippen LogP contribution in [0.25, 0.3) is 32.3 Å². The van der Waals surface area contributed by atoms with Gasteiger partial charge < -0.3 is 5.11 Å². The van der Waals surface area contributed by atoms with Gasteiger partial charge in [-0.05, 0) is 45.8 Å². The minimum Gasteiger partial charge on any atom is -0.481 e. The van der Waals surface area contributed by atoms with Gasteiger partial charge in [-0.2, -0.15) is 0 Å². The first kappa shape index (κ1) is 23.5. The molecule has 2 N–H and O–H groups in total. The van der Waals surface area contributed by atoms with Crippen molar-refractivity contribution in [3.8, 4) is 0 Å². The van der Waals surface area contributed by atoms with E-state index in [1.165, 1.54) is 16.2 Å². The third-order valence-corrected chi connectivity index (χ3v) is 7.22. The second-order valence-corrected chi connectivity index (χ2v) is 9.65. The van der Waals surface area contributed by atoms with E-state index in [1.54, 1.807) is 4.31 Å². The van der Waals surface area contributed by atoms with Gasteiger partial charge >= 0.3 is 5.97 Å². The Labute approximate surface area is 197 Å². The molecule has 6 heteroatoms. The molecule has 0 aliphatic carbocycles. The van der Waals surface area contributed by atoms with Crippen molar-refractivity contribution in [2.75, 3.05) is 10.8 Å². The molecule has 0 amide bonds. The molecule has 0 heterocycles. The van der Waals surface area contributed by atoms with Crippen molar-refractivity contribution in [1.29, 1.82) is 0 Å². The number of unbranched alkanes of at least 4 members (excludes halogenated alkanes) is 7. The molecule has 4 aromatic rings. The molecule has 1 atom stereocenters. The lowest BCUT2D eigenvalue weighted by Crippen LogP contribution is -2.26. The van der Waals surface area contributed by atoms with Crippen LogP contribution < -0.4 is 4.31 Å². The summed E-state index contributed by atoms with van der Waals surface area (Å²) in [4.78, 5) is 10.5. The number of anilines is 1. The third kappa shape index (κ3) is 5.45. The Kier molecular flexibility index (Phi) is 7.78. The molecule has 174 valence electrons. The van der Waals surface area contributed by atoms with Crippen LogP contribution in [0.4, 0.5) is 5.69 Å². The number of hydrogen-bond donors (Lipinski definition) is 2. The largest absolute Gasteiger partial charge is 0.481 e. The summed E-state index contributed by atoms with van der Waals surface area (Å²) < 4.78 is 24.0. The highest BCUT2D eigenvalue weighted by molar-refractivity contribution is 7.80. The summed E-state index contributed by atoms with van der Waals surface area (Å²) in [7, 11) is 0. The van der Waals surface area contributed by atoms with E-state index < -0.39 is 17.2 Å². The summed E-state index contributed by atoms with van der Waals surface area (Å²) in [5.74, 6) is -0.717. The number of aliphatic carboxylic acids is 1.